The first kappa shape index (κ1) is 11.7. The molecular weight excluding hydrogens is 224 g/mol. The molecule has 96 valence electrons. The SMILES string of the molecule is Cn1c(CNC2CCNCC2)nc2ccccc21. The van der Waals surface area contributed by atoms with Crippen molar-refractivity contribution in [2.75, 3.05) is 13.1 Å². The van der Waals surface area contributed by atoms with E-state index in [1.807, 2.05) is 6.07 Å². The number of imidazole rings is 1. The molecule has 2 aromatic rings. The van der Waals surface area contributed by atoms with E-state index >= 15 is 0 Å². The molecule has 4 heteroatoms. The topological polar surface area (TPSA) is 41.9 Å². The minimum absolute atomic E-state index is 0.631. The molecule has 1 aromatic carbocycles. The monoisotopic (exact) mass is 244 g/mol. The second kappa shape index (κ2) is 5.08. The van der Waals surface area contributed by atoms with Gasteiger partial charge in [-0.25, -0.2) is 4.98 Å². The number of rotatable bonds is 3. The Morgan fingerprint density at radius 2 is 2.11 bits per heavy atom. The maximum atomic E-state index is 4.68. The van der Waals surface area contributed by atoms with Gasteiger partial charge in [-0.3, -0.25) is 0 Å². The molecule has 3 rings (SSSR count). The van der Waals surface area contributed by atoms with Gasteiger partial charge >= 0.3 is 0 Å². The summed E-state index contributed by atoms with van der Waals surface area (Å²) in [6.45, 7) is 3.11. The van der Waals surface area contributed by atoms with Crippen molar-refractivity contribution in [2.24, 2.45) is 7.05 Å². The lowest BCUT2D eigenvalue weighted by atomic mass is 10.1. The maximum absolute atomic E-state index is 4.68. The third kappa shape index (κ3) is 2.26. The van der Waals surface area contributed by atoms with E-state index in [0.717, 1.165) is 31.0 Å². The van der Waals surface area contributed by atoms with Crippen LogP contribution in [0, 0.1) is 0 Å². The van der Waals surface area contributed by atoms with E-state index in [4.69, 9.17) is 0 Å². The first-order chi connectivity index (χ1) is 8.84. The van der Waals surface area contributed by atoms with Crippen LogP contribution in [0.25, 0.3) is 11.0 Å². The van der Waals surface area contributed by atoms with Crippen LogP contribution in [0.2, 0.25) is 0 Å². The second-order valence-corrected chi connectivity index (χ2v) is 4.98. The highest BCUT2D eigenvalue weighted by molar-refractivity contribution is 5.75. The van der Waals surface area contributed by atoms with Crippen molar-refractivity contribution >= 4 is 11.0 Å². The number of aryl methyl sites for hydroxylation is 1. The summed E-state index contributed by atoms with van der Waals surface area (Å²) < 4.78 is 2.18. The van der Waals surface area contributed by atoms with Crippen LogP contribution in [0.4, 0.5) is 0 Å². The zero-order valence-electron chi connectivity index (χ0n) is 10.8. The largest absolute Gasteiger partial charge is 0.330 e. The van der Waals surface area contributed by atoms with Gasteiger partial charge in [-0.05, 0) is 38.1 Å². The first-order valence-electron chi connectivity index (χ1n) is 6.69. The number of para-hydroxylation sites is 2. The highest BCUT2D eigenvalue weighted by Crippen LogP contribution is 2.14. The third-order valence-corrected chi connectivity index (χ3v) is 3.77. The third-order valence-electron chi connectivity index (χ3n) is 3.77. The maximum Gasteiger partial charge on any atom is 0.123 e. The molecule has 0 atom stereocenters. The number of fused-ring (bicyclic) bond motifs is 1. The molecule has 1 aliphatic heterocycles. The molecule has 1 aliphatic rings. The van der Waals surface area contributed by atoms with Crippen LogP contribution in [-0.2, 0) is 13.6 Å². The predicted molar refractivity (Wildman–Crippen MR) is 73.4 cm³/mol. The van der Waals surface area contributed by atoms with Crippen LogP contribution < -0.4 is 10.6 Å². The smallest absolute Gasteiger partial charge is 0.123 e. The van der Waals surface area contributed by atoms with Crippen molar-refractivity contribution in [3.05, 3.63) is 30.1 Å². The Bertz CT molecular complexity index is 526. The molecule has 0 radical (unpaired) electrons. The number of hydrogen-bond donors (Lipinski definition) is 2. The van der Waals surface area contributed by atoms with E-state index in [-0.39, 0.29) is 0 Å². The fourth-order valence-electron chi connectivity index (χ4n) is 2.62. The summed E-state index contributed by atoms with van der Waals surface area (Å²) in [5.74, 6) is 1.12. The molecule has 1 aromatic heterocycles. The molecule has 0 spiro atoms. The minimum Gasteiger partial charge on any atom is -0.330 e. The first-order valence-corrected chi connectivity index (χ1v) is 6.69. The molecular formula is C14H20N4. The average Bonchev–Trinajstić information content (AvgIpc) is 2.75. The van der Waals surface area contributed by atoms with Gasteiger partial charge in [-0.15, -0.1) is 0 Å². The van der Waals surface area contributed by atoms with Crippen LogP contribution in [0.1, 0.15) is 18.7 Å². The van der Waals surface area contributed by atoms with Crippen LogP contribution in [0.5, 0.6) is 0 Å². The Labute approximate surface area is 107 Å². The number of nitrogens with one attached hydrogen (secondary N) is 2. The molecule has 4 nitrogen and oxygen atoms in total. The van der Waals surface area contributed by atoms with Crippen molar-refractivity contribution in [2.45, 2.75) is 25.4 Å². The molecule has 0 aliphatic carbocycles. The lowest BCUT2D eigenvalue weighted by Crippen LogP contribution is -2.39. The van der Waals surface area contributed by atoms with Crippen molar-refractivity contribution in [3.8, 4) is 0 Å². The fourth-order valence-corrected chi connectivity index (χ4v) is 2.62. The Balaban J connectivity index is 1.72. The molecule has 0 bridgehead atoms. The molecule has 0 amide bonds. The molecule has 1 fully saturated rings. The lowest BCUT2D eigenvalue weighted by Gasteiger charge is -2.23. The summed E-state index contributed by atoms with van der Waals surface area (Å²) in [7, 11) is 2.09. The van der Waals surface area contributed by atoms with E-state index in [9.17, 15) is 0 Å². The fraction of sp³-hybridized carbons (Fsp3) is 0.500. The summed E-state index contributed by atoms with van der Waals surface area (Å²) in [5.41, 5.74) is 2.29. The van der Waals surface area contributed by atoms with Gasteiger partial charge in [0.25, 0.3) is 0 Å². The summed E-state index contributed by atoms with van der Waals surface area (Å²) in [6.07, 6.45) is 2.42. The Morgan fingerprint density at radius 3 is 2.89 bits per heavy atom. The van der Waals surface area contributed by atoms with Crippen LogP contribution in [0.15, 0.2) is 24.3 Å². The van der Waals surface area contributed by atoms with Crippen molar-refractivity contribution < 1.29 is 0 Å². The Kier molecular flexibility index (Phi) is 3.30. The number of aromatic nitrogens is 2. The number of benzene rings is 1. The van der Waals surface area contributed by atoms with Gasteiger partial charge in [0.15, 0.2) is 0 Å². The quantitative estimate of drug-likeness (QED) is 0.858. The van der Waals surface area contributed by atoms with Crippen molar-refractivity contribution in [3.63, 3.8) is 0 Å². The van der Waals surface area contributed by atoms with E-state index in [2.05, 4.69) is 45.4 Å². The van der Waals surface area contributed by atoms with Gasteiger partial charge in [-0.2, -0.15) is 0 Å². The minimum atomic E-state index is 0.631. The summed E-state index contributed by atoms with van der Waals surface area (Å²) in [4.78, 5) is 4.68. The van der Waals surface area contributed by atoms with Crippen LogP contribution in [-0.4, -0.2) is 28.7 Å². The zero-order valence-corrected chi connectivity index (χ0v) is 10.8. The highest BCUT2D eigenvalue weighted by Gasteiger charge is 2.13. The molecule has 0 unspecified atom stereocenters. The predicted octanol–water partition coefficient (Wildman–Crippen LogP) is 1.41. The van der Waals surface area contributed by atoms with Gasteiger partial charge in [0.2, 0.25) is 0 Å². The summed E-state index contributed by atoms with van der Waals surface area (Å²) >= 11 is 0. The average molecular weight is 244 g/mol. The Morgan fingerprint density at radius 1 is 1.33 bits per heavy atom. The number of piperidine rings is 1. The van der Waals surface area contributed by atoms with Gasteiger partial charge < -0.3 is 15.2 Å². The normalized spacial score (nSPS) is 17.4. The van der Waals surface area contributed by atoms with Gasteiger partial charge in [-0.1, -0.05) is 12.1 Å². The van der Waals surface area contributed by atoms with Gasteiger partial charge in [0.1, 0.15) is 5.82 Å². The summed E-state index contributed by atoms with van der Waals surface area (Å²) in [5, 5.41) is 7.00. The van der Waals surface area contributed by atoms with E-state index in [1.54, 1.807) is 0 Å². The van der Waals surface area contributed by atoms with Crippen molar-refractivity contribution in [1.29, 1.82) is 0 Å². The van der Waals surface area contributed by atoms with Crippen molar-refractivity contribution in [1.82, 2.24) is 20.2 Å². The highest BCUT2D eigenvalue weighted by atomic mass is 15.1. The second-order valence-electron chi connectivity index (χ2n) is 4.98. The number of nitrogens with zero attached hydrogens (tertiary/aromatic N) is 2. The van der Waals surface area contributed by atoms with E-state index in [0.29, 0.717) is 6.04 Å². The number of hydrogen-bond acceptors (Lipinski definition) is 3. The van der Waals surface area contributed by atoms with E-state index in [1.165, 1.54) is 18.4 Å². The molecule has 1 saturated heterocycles. The molecule has 2 N–H and O–H groups in total. The van der Waals surface area contributed by atoms with Crippen LogP contribution >= 0.6 is 0 Å². The lowest BCUT2D eigenvalue weighted by molar-refractivity contribution is 0.381. The van der Waals surface area contributed by atoms with Crippen LogP contribution in [0.3, 0.4) is 0 Å². The standard InChI is InChI=1S/C14H20N4/c1-18-13-5-3-2-4-12(13)17-14(18)10-16-11-6-8-15-9-7-11/h2-5,11,15-16H,6-10H2,1H3. The summed E-state index contributed by atoms with van der Waals surface area (Å²) in [6, 6.07) is 8.93. The Hall–Kier alpha value is -1.39. The zero-order chi connectivity index (χ0) is 12.4. The molecule has 18 heavy (non-hydrogen) atoms. The molecule has 0 saturated carbocycles. The molecule has 2 heterocycles. The van der Waals surface area contributed by atoms with E-state index < -0.39 is 0 Å². The van der Waals surface area contributed by atoms with Gasteiger partial charge in [0, 0.05) is 13.1 Å². The van der Waals surface area contributed by atoms with Gasteiger partial charge in [0.05, 0.1) is 17.6 Å².